The Labute approximate surface area is 92.8 Å². The van der Waals surface area contributed by atoms with Gasteiger partial charge in [0.15, 0.2) is 0 Å². The van der Waals surface area contributed by atoms with Gasteiger partial charge in [0.25, 0.3) is 0 Å². The number of benzene rings is 1. The van der Waals surface area contributed by atoms with Crippen LogP contribution in [0.4, 0.5) is 0 Å². The molecule has 0 atom stereocenters. The molecule has 2 rings (SSSR count). The Bertz CT molecular complexity index is 323. The van der Waals surface area contributed by atoms with Gasteiger partial charge in [-0.25, -0.2) is 0 Å². The van der Waals surface area contributed by atoms with Crippen molar-refractivity contribution in [3.05, 3.63) is 28.2 Å². The van der Waals surface area contributed by atoms with Crippen LogP contribution in [0.2, 0.25) is 0 Å². The molecule has 1 heterocycles. The Morgan fingerprint density at radius 2 is 2.29 bits per heavy atom. The van der Waals surface area contributed by atoms with Gasteiger partial charge in [-0.3, -0.25) is 0 Å². The van der Waals surface area contributed by atoms with Crippen molar-refractivity contribution >= 4 is 15.9 Å². The van der Waals surface area contributed by atoms with Crippen LogP contribution >= 0.6 is 15.9 Å². The van der Waals surface area contributed by atoms with Crippen LogP contribution < -0.4 is 10.1 Å². The van der Waals surface area contributed by atoms with Crippen molar-refractivity contribution < 1.29 is 4.74 Å². The topological polar surface area (TPSA) is 21.3 Å². The molecule has 0 amide bonds. The molecule has 1 aliphatic heterocycles. The summed E-state index contributed by atoms with van der Waals surface area (Å²) in [6.45, 7) is 2.28. The minimum absolute atomic E-state index is 0.782. The molecule has 0 spiro atoms. The minimum Gasteiger partial charge on any atom is -0.496 e. The molecule has 0 saturated carbocycles. The van der Waals surface area contributed by atoms with Crippen molar-refractivity contribution in [2.24, 2.45) is 5.92 Å². The lowest BCUT2D eigenvalue weighted by atomic mass is 9.94. The summed E-state index contributed by atoms with van der Waals surface area (Å²) >= 11 is 3.44. The summed E-state index contributed by atoms with van der Waals surface area (Å²) in [4.78, 5) is 0. The summed E-state index contributed by atoms with van der Waals surface area (Å²) in [5.41, 5.74) is 1.31. The fraction of sp³-hybridized carbons (Fsp3) is 0.455. The molecule has 1 fully saturated rings. The van der Waals surface area contributed by atoms with Crippen molar-refractivity contribution in [3.63, 3.8) is 0 Å². The molecule has 1 aromatic rings. The second kappa shape index (κ2) is 4.32. The molecule has 1 aromatic carbocycles. The van der Waals surface area contributed by atoms with Crippen molar-refractivity contribution in [1.82, 2.24) is 5.32 Å². The lowest BCUT2D eigenvalue weighted by Crippen LogP contribution is -2.43. The predicted molar refractivity (Wildman–Crippen MR) is 60.8 cm³/mol. The van der Waals surface area contributed by atoms with Crippen LogP contribution in [-0.4, -0.2) is 20.2 Å². The highest BCUT2D eigenvalue weighted by Crippen LogP contribution is 2.26. The van der Waals surface area contributed by atoms with E-state index in [1.54, 1.807) is 7.11 Å². The predicted octanol–water partition coefficient (Wildman–Crippen LogP) is 2.22. The number of rotatable bonds is 3. The van der Waals surface area contributed by atoms with Gasteiger partial charge in [0, 0.05) is 4.47 Å². The molecule has 0 aromatic heterocycles. The van der Waals surface area contributed by atoms with Gasteiger partial charge in [-0.05, 0) is 43.1 Å². The van der Waals surface area contributed by atoms with E-state index in [1.807, 2.05) is 6.07 Å². The van der Waals surface area contributed by atoms with E-state index in [0.717, 1.165) is 35.7 Å². The Balaban J connectivity index is 2.14. The summed E-state index contributed by atoms with van der Waals surface area (Å²) < 4.78 is 6.42. The average Bonchev–Trinajstić information content (AvgIpc) is 2.13. The largest absolute Gasteiger partial charge is 0.496 e. The number of nitrogens with one attached hydrogen (secondary N) is 1. The lowest BCUT2D eigenvalue weighted by molar-refractivity contribution is 0.338. The number of methoxy groups -OCH3 is 1. The first kappa shape index (κ1) is 9.99. The first-order chi connectivity index (χ1) is 6.79. The van der Waals surface area contributed by atoms with Crippen molar-refractivity contribution in [3.8, 4) is 5.75 Å². The second-order valence-corrected chi connectivity index (χ2v) is 4.60. The summed E-state index contributed by atoms with van der Waals surface area (Å²) in [7, 11) is 1.73. The molecule has 1 N–H and O–H groups in total. The molecule has 0 radical (unpaired) electrons. The molecule has 0 aliphatic carbocycles. The quantitative estimate of drug-likeness (QED) is 0.895. The van der Waals surface area contributed by atoms with Crippen LogP contribution in [0.5, 0.6) is 5.75 Å². The van der Waals surface area contributed by atoms with E-state index >= 15 is 0 Å². The molecule has 0 bridgehead atoms. The summed E-state index contributed by atoms with van der Waals surface area (Å²) in [6, 6.07) is 6.24. The summed E-state index contributed by atoms with van der Waals surface area (Å²) in [5, 5.41) is 3.28. The molecular formula is C11H14BrNO. The van der Waals surface area contributed by atoms with E-state index in [-0.39, 0.29) is 0 Å². The minimum atomic E-state index is 0.782. The first-order valence-corrected chi connectivity index (χ1v) is 5.62. The zero-order valence-electron chi connectivity index (χ0n) is 8.22. The molecule has 2 nitrogen and oxygen atoms in total. The fourth-order valence-corrected chi connectivity index (χ4v) is 2.03. The third-order valence-corrected chi connectivity index (χ3v) is 3.12. The van der Waals surface area contributed by atoms with Crippen LogP contribution in [0.15, 0.2) is 22.7 Å². The van der Waals surface area contributed by atoms with Gasteiger partial charge in [-0.15, -0.1) is 0 Å². The molecule has 3 heteroatoms. The van der Waals surface area contributed by atoms with E-state index in [1.165, 1.54) is 5.56 Å². The molecule has 1 aliphatic rings. The summed E-state index contributed by atoms with van der Waals surface area (Å²) in [5.74, 6) is 1.77. The smallest absolute Gasteiger partial charge is 0.123 e. The highest BCUT2D eigenvalue weighted by atomic mass is 79.9. The van der Waals surface area contributed by atoms with Gasteiger partial charge < -0.3 is 10.1 Å². The van der Waals surface area contributed by atoms with Gasteiger partial charge in [0.05, 0.1) is 7.11 Å². The Hall–Kier alpha value is -0.540. The van der Waals surface area contributed by atoms with E-state index in [0.29, 0.717) is 0 Å². The molecule has 1 saturated heterocycles. The summed E-state index contributed by atoms with van der Waals surface area (Å²) in [6.07, 6.45) is 1.11. The Kier molecular flexibility index (Phi) is 3.08. The number of hydrogen-bond donors (Lipinski definition) is 1. The van der Waals surface area contributed by atoms with Crippen molar-refractivity contribution in [2.75, 3.05) is 20.2 Å². The number of ether oxygens (including phenoxy) is 1. The van der Waals surface area contributed by atoms with E-state index in [4.69, 9.17) is 4.74 Å². The molecular weight excluding hydrogens is 242 g/mol. The van der Waals surface area contributed by atoms with E-state index < -0.39 is 0 Å². The monoisotopic (exact) mass is 255 g/mol. The van der Waals surface area contributed by atoms with Gasteiger partial charge >= 0.3 is 0 Å². The van der Waals surface area contributed by atoms with Gasteiger partial charge in [-0.2, -0.15) is 0 Å². The van der Waals surface area contributed by atoms with Gasteiger partial charge in [0.1, 0.15) is 5.75 Å². The van der Waals surface area contributed by atoms with Crippen LogP contribution in [0.25, 0.3) is 0 Å². The van der Waals surface area contributed by atoms with Gasteiger partial charge in [-0.1, -0.05) is 22.0 Å². The zero-order valence-corrected chi connectivity index (χ0v) is 9.80. The molecule has 0 unspecified atom stereocenters. The Morgan fingerprint density at radius 3 is 2.86 bits per heavy atom. The van der Waals surface area contributed by atoms with Crippen LogP contribution in [0, 0.1) is 5.92 Å². The maximum Gasteiger partial charge on any atom is 0.123 e. The highest BCUT2D eigenvalue weighted by Gasteiger charge is 2.18. The molecule has 76 valence electrons. The maximum absolute atomic E-state index is 5.35. The third-order valence-electron chi connectivity index (χ3n) is 2.62. The second-order valence-electron chi connectivity index (χ2n) is 3.68. The highest BCUT2D eigenvalue weighted by molar-refractivity contribution is 9.10. The van der Waals surface area contributed by atoms with Crippen molar-refractivity contribution in [2.45, 2.75) is 6.42 Å². The number of halogens is 1. The SMILES string of the molecule is COc1cc(Br)ccc1CC1CNC1. The van der Waals surface area contributed by atoms with Crippen LogP contribution in [0.1, 0.15) is 5.56 Å². The fourth-order valence-electron chi connectivity index (χ4n) is 1.69. The Morgan fingerprint density at radius 1 is 1.50 bits per heavy atom. The van der Waals surface area contributed by atoms with E-state index in [2.05, 4.69) is 33.4 Å². The van der Waals surface area contributed by atoms with E-state index in [9.17, 15) is 0 Å². The lowest BCUT2D eigenvalue weighted by Gasteiger charge is -2.27. The maximum atomic E-state index is 5.35. The first-order valence-electron chi connectivity index (χ1n) is 4.82. The zero-order chi connectivity index (χ0) is 9.97. The molecule has 14 heavy (non-hydrogen) atoms. The number of hydrogen-bond acceptors (Lipinski definition) is 2. The average molecular weight is 256 g/mol. The standard InChI is InChI=1S/C11H14BrNO/c1-14-11-5-10(12)3-2-9(11)4-8-6-13-7-8/h2-3,5,8,13H,4,6-7H2,1H3. The normalized spacial score (nSPS) is 16.4. The van der Waals surface area contributed by atoms with Crippen molar-refractivity contribution in [1.29, 1.82) is 0 Å². The van der Waals surface area contributed by atoms with Gasteiger partial charge in [0.2, 0.25) is 0 Å². The third kappa shape index (κ3) is 2.10. The van der Waals surface area contributed by atoms with Crippen LogP contribution in [0.3, 0.4) is 0 Å². The van der Waals surface area contributed by atoms with Crippen LogP contribution in [-0.2, 0) is 6.42 Å².